The third-order valence-corrected chi connectivity index (χ3v) is 4.39. The van der Waals surface area contributed by atoms with Gasteiger partial charge in [-0.3, -0.25) is 0 Å². The molecule has 0 saturated heterocycles. The van der Waals surface area contributed by atoms with Crippen LogP contribution in [0.3, 0.4) is 0 Å². The van der Waals surface area contributed by atoms with E-state index in [1.54, 1.807) is 30.3 Å². The van der Waals surface area contributed by atoms with Gasteiger partial charge in [-0.1, -0.05) is 43.2 Å². The molecule has 27 heavy (non-hydrogen) atoms. The SMILES string of the molecule is OCCCCCC(O)(CCc1ccccc1)CC(F)(F)C(F)(F)C(F)(F)F. The summed E-state index contributed by atoms with van der Waals surface area (Å²) in [6.45, 7) is -0.176. The highest BCUT2D eigenvalue weighted by Gasteiger charge is 2.73. The van der Waals surface area contributed by atoms with E-state index >= 15 is 0 Å². The molecule has 0 aliphatic heterocycles. The van der Waals surface area contributed by atoms with E-state index in [-0.39, 0.29) is 32.3 Å². The van der Waals surface area contributed by atoms with Crippen LogP contribution in [-0.4, -0.2) is 40.4 Å². The van der Waals surface area contributed by atoms with Gasteiger partial charge in [-0.15, -0.1) is 0 Å². The van der Waals surface area contributed by atoms with E-state index in [0.717, 1.165) is 0 Å². The number of benzene rings is 1. The van der Waals surface area contributed by atoms with Gasteiger partial charge in [0.25, 0.3) is 0 Å². The molecule has 0 radical (unpaired) electrons. The molecule has 0 saturated carbocycles. The highest BCUT2D eigenvalue weighted by molar-refractivity contribution is 5.15. The van der Waals surface area contributed by atoms with Crippen molar-refractivity contribution in [1.29, 1.82) is 0 Å². The predicted octanol–water partition coefficient (Wildman–Crippen LogP) is 5.13. The fraction of sp³-hybridized carbons (Fsp3) is 0.667. The molecule has 0 spiro atoms. The summed E-state index contributed by atoms with van der Waals surface area (Å²) in [4.78, 5) is 0. The zero-order valence-electron chi connectivity index (χ0n) is 14.6. The van der Waals surface area contributed by atoms with E-state index in [0.29, 0.717) is 18.4 Å². The Hall–Kier alpha value is -1.35. The van der Waals surface area contributed by atoms with Crippen molar-refractivity contribution in [2.24, 2.45) is 0 Å². The van der Waals surface area contributed by atoms with Gasteiger partial charge in [0.2, 0.25) is 0 Å². The van der Waals surface area contributed by atoms with Crippen molar-refractivity contribution in [2.45, 2.75) is 68.6 Å². The molecule has 1 unspecified atom stereocenters. The van der Waals surface area contributed by atoms with Crippen LogP contribution < -0.4 is 0 Å². The van der Waals surface area contributed by atoms with Gasteiger partial charge in [-0.05, 0) is 31.2 Å². The molecule has 9 heteroatoms. The molecule has 0 aromatic heterocycles. The lowest BCUT2D eigenvalue weighted by Crippen LogP contribution is -2.55. The van der Waals surface area contributed by atoms with Crippen LogP contribution >= 0.6 is 0 Å². The molecule has 1 aromatic carbocycles. The van der Waals surface area contributed by atoms with Crippen LogP contribution in [0.5, 0.6) is 0 Å². The highest BCUT2D eigenvalue weighted by atomic mass is 19.4. The highest BCUT2D eigenvalue weighted by Crippen LogP contribution is 2.50. The van der Waals surface area contributed by atoms with Crippen LogP contribution in [-0.2, 0) is 6.42 Å². The minimum absolute atomic E-state index is 0.0466. The lowest BCUT2D eigenvalue weighted by atomic mass is 9.83. The molecule has 156 valence electrons. The number of aliphatic hydroxyl groups is 2. The first-order valence-corrected chi connectivity index (χ1v) is 8.54. The predicted molar refractivity (Wildman–Crippen MR) is 85.8 cm³/mol. The van der Waals surface area contributed by atoms with Crippen molar-refractivity contribution in [3.8, 4) is 0 Å². The summed E-state index contributed by atoms with van der Waals surface area (Å²) in [6, 6.07) is 8.27. The summed E-state index contributed by atoms with van der Waals surface area (Å²) in [5, 5.41) is 19.2. The van der Waals surface area contributed by atoms with Gasteiger partial charge in [0.05, 0.1) is 5.60 Å². The van der Waals surface area contributed by atoms with Gasteiger partial charge >= 0.3 is 18.0 Å². The molecule has 2 N–H and O–H groups in total. The van der Waals surface area contributed by atoms with Crippen LogP contribution in [0.15, 0.2) is 30.3 Å². The summed E-state index contributed by atoms with van der Waals surface area (Å²) >= 11 is 0. The van der Waals surface area contributed by atoms with E-state index < -0.39 is 30.0 Å². The Balaban J connectivity index is 2.94. The molecule has 2 nitrogen and oxygen atoms in total. The number of aryl methyl sites for hydroxylation is 1. The van der Waals surface area contributed by atoms with Crippen molar-refractivity contribution in [3.05, 3.63) is 35.9 Å². The number of unbranched alkanes of at least 4 members (excludes halogenated alkanes) is 2. The van der Waals surface area contributed by atoms with Crippen LogP contribution in [0, 0.1) is 0 Å². The summed E-state index contributed by atoms with van der Waals surface area (Å²) in [5.74, 6) is -11.7. The molecule has 0 aliphatic rings. The second kappa shape index (κ2) is 9.23. The number of halogens is 7. The number of hydrogen-bond acceptors (Lipinski definition) is 2. The lowest BCUT2D eigenvalue weighted by Gasteiger charge is -2.36. The Morgan fingerprint density at radius 2 is 1.37 bits per heavy atom. The minimum Gasteiger partial charge on any atom is -0.396 e. The summed E-state index contributed by atoms with van der Waals surface area (Å²) in [5.41, 5.74) is -1.76. The van der Waals surface area contributed by atoms with Crippen molar-refractivity contribution in [3.63, 3.8) is 0 Å². The van der Waals surface area contributed by atoms with Crippen molar-refractivity contribution < 1.29 is 40.9 Å². The third-order valence-electron chi connectivity index (χ3n) is 4.39. The molecule has 0 amide bonds. The topological polar surface area (TPSA) is 40.5 Å². The largest absolute Gasteiger partial charge is 0.459 e. The summed E-state index contributed by atoms with van der Waals surface area (Å²) in [6.07, 6.45) is -8.39. The second-order valence-corrected chi connectivity index (χ2v) is 6.70. The van der Waals surface area contributed by atoms with Crippen molar-refractivity contribution in [1.82, 2.24) is 0 Å². The Morgan fingerprint density at radius 1 is 0.778 bits per heavy atom. The first-order chi connectivity index (χ1) is 12.3. The monoisotopic (exact) mass is 404 g/mol. The zero-order chi connectivity index (χ0) is 20.8. The van der Waals surface area contributed by atoms with Crippen molar-refractivity contribution in [2.75, 3.05) is 6.61 Å². The van der Waals surface area contributed by atoms with Crippen LogP contribution in [0.25, 0.3) is 0 Å². The Bertz CT molecular complexity index is 561. The van der Waals surface area contributed by atoms with E-state index in [1.807, 2.05) is 0 Å². The van der Waals surface area contributed by atoms with E-state index in [9.17, 15) is 35.8 Å². The standard InChI is InChI=1S/C18H23F7O2/c19-16(20,17(21,22)18(23,24)25)13-15(27,10-5-2-6-12-26)11-9-14-7-3-1-4-8-14/h1,3-4,7-8,26-27H,2,5-6,9-13H2. The molecule has 1 aromatic rings. The van der Waals surface area contributed by atoms with Crippen LogP contribution in [0.2, 0.25) is 0 Å². The quantitative estimate of drug-likeness (QED) is 0.397. The number of alkyl halides is 7. The first kappa shape index (κ1) is 23.7. The maximum absolute atomic E-state index is 13.8. The van der Waals surface area contributed by atoms with Gasteiger partial charge in [-0.25, -0.2) is 0 Å². The molecular formula is C18H23F7O2. The van der Waals surface area contributed by atoms with E-state index in [2.05, 4.69) is 0 Å². The Labute approximate surface area is 153 Å². The Kier molecular flexibility index (Phi) is 8.10. The third kappa shape index (κ3) is 6.64. The molecule has 0 heterocycles. The molecule has 0 fully saturated rings. The molecule has 1 atom stereocenters. The van der Waals surface area contributed by atoms with Gasteiger partial charge in [0.15, 0.2) is 0 Å². The number of rotatable bonds is 11. The fourth-order valence-electron chi connectivity index (χ4n) is 2.80. The zero-order valence-corrected chi connectivity index (χ0v) is 14.6. The lowest BCUT2D eigenvalue weighted by molar-refractivity contribution is -0.361. The Morgan fingerprint density at radius 3 is 1.89 bits per heavy atom. The average molecular weight is 404 g/mol. The number of aliphatic hydroxyl groups excluding tert-OH is 1. The van der Waals surface area contributed by atoms with Gasteiger partial charge < -0.3 is 10.2 Å². The normalized spacial score (nSPS) is 15.6. The van der Waals surface area contributed by atoms with Gasteiger partial charge in [0.1, 0.15) is 0 Å². The van der Waals surface area contributed by atoms with Crippen LogP contribution in [0.1, 0.15) is 44.1 Å². The summed E-state index contributed by atoms with van der Waals surface area (Å²) in [7, 11) is 0. The van der Waals surface area contributed by atoms with Gasteiger partial charge in [-0.2, -0.15) is 30.7 Å². The minimum atomic E-state index is -6.42. The second-order valence-electron chi connectivity index (χ2n) is 6.70. The average Bonchev–Trinajstić information content (AvgIpc) is 2.56. The smallest absolute Gasteiger partial charge is 0.396 e. The molecule has 0 aliphatic carbocycles. The number of hydrogen-bond donors (Lipinski definition) is 2. The molecular weight excluding hydrogens is 381 g/mol. The van der Waals surface area contributed by atoms with Crippen LogP contribution in [0.4, 0.5) is 30.7 Å². The molecule has 1 rings (SSSR count). The van der Waals surface area contributed by atoms with Crippen molar-refractivity contribution >= 4 is 0 Å². The summed E-state index contributed by atoms with van der Waals surface area (Å²) < 4.78 is 91.2. The maximum Gasteiger partial charge on any atom is 0.459 e. The maximum atomic E-state index is 13.8. The molecule has 0 bridgehead atoms. The van der Waals surface area contributed by atoms with Gasteiger partial charge in [0, 0.05) is 13.0 Å². The fourth-order valence-corrected chi connectivity index (χ4v) is 2.80. The first-order valence-electron chi connectivity index (χ1n) is 8.54. The van der Waals surface area contributed by atoms with E-state index in [1.165, 1.54) is 0 Å². The van der Waals surface area contributed by atoms with E-state index in [4.69, 9.17) is 5.11 Å².